The van der Waals surface area contributed by atoms with Gasteiger partial charge in [0.25, 0.3) is 0 Å². The zero-order valence-corrected chi connectivity index (χ0v) is 9.08. The summed E-state index contributed by atoms with van der Waals surface area (Å²) in [6, 6.07) is 1.79. The first-order chi connectivity index (χ1) is 8.66. The molecule has 0 aromatic heterocycles. The van der Waals surface area contributed by atoms with Gasteiger partial charge >= 0.3 is 0 Å². The second-order valence-corrected chi connectivity index (χ2v) is 3.90. The molecule has 0 amide bonds. The fourth-order valence-electron chi connectivity index (χ4n) is 1.87. The predicted molar refractivity (Wildman–Crippen MR) is 58.9 cm³/mol. The van der Waals surface area contributed by atoms with E-state index in [4.69, 9.17) is 4.74 Å². The van der Waals surface area contributed by atoms with Crippen LogP contribution in [0.1, 0.15) is 12.0 Å². The number of halogens is 3. The molecular weight excluding hydrogens is 245 g/mol. The molecule has 0 unspecified atom stereocenters. The minimum atomic E-state index is -1.49. The lowest BCUT2D eigenvalue weighted by molar-refractivity contribution is 0.253. The Hall–Kier alpha value is -2.11. The second-order valence-electron chi connectivity index (χ2n) is 3.90. The third-order valence-corrected chi connectivity index (χ3v) is 2.75. The highest BCUT2D eigenvalue weighted by Gasteiger charge is 2.26. The number of ether oxygens (including phenoxy) is 1. The lowest BCUT2D eigenvalue weighted by Crippen LogP contribution is -2.16. The molecule has 0 bridgehead atoms. The highest BCUT2D eigenvalue weighted by atomic mass is 19.2. The van der Waals surface area contributed by atoms with Crippen LogP contribution >= 0.6 is 0 Å². The van der Waals surface area contributed by atoms with Crippen LogP contribution in [-0.4, -0.2) is 18.0 Å². The van der Waals surface area contributed by atoms with E-state index in [1.807, 2.05) is 0 Å². The van der Waals surface area contributed by atoms with Crippen molar-refractivity contribution in [2.24, 2.45) is 10.2 Å². The van der Waals surface area contributed by atoms with Gasteiger partial charge in [-0.2, -0.15) is 5.10 Å². The van der Waals surface area contributed by atoms with Gasteiger partial charge < -0.3 is 4.74 Å². The average molecular weight is 252 g/mol. The van der Waals surface area contributed by atoms with Crippen molar-refractivity contribution in [1.29, 1.82) is 0 Å². The number of nitrogens with zero attached hydrogens (tertiary/aromatic N) is 2. The molecule has 0 N–H and O–H groups in total. The van der Waals surface area contributed by atoms with Crippen LogP contribution in [0.4, 0.5) is 13.2 Å². The van der Waals surface area contributed by atoms with Crippen molar-refractivity contribution in [3.05, 3.63) is 47.0 Å². The first kappa shape index (κ1) is 11.0. The first-order valence-corrected chi connectivity index (χ1v) is 5.29. The highest BCUT2D eigenvalue weighted by molar-refractivity contribution is 6.32. The summed E-state index contributed by atoms with van der Waals surface area (Å²) in [5.41, 5.74) is 1.73. The summed E-state index contributed by atoms with van der Waals surface area (Å²) in [6.45, 7) is 0.497. The van der Waals surface area contributed by atoms with E-state index in [0.29, 0.717) is 30.0 Å². The van der Waals surface area contributed by atoms with E-state index < -0.39 is 17.5 Å². The fourth-order valence-corrected chi connectivity index (χ4v) is 1.87. The Morgan fingerprint density at radius 3 is 2.50 bits per heavy atom. The molecule has 2 aliphatic heterocycles. The Labute approximate surface area is 100 Å². The molecular formula is C12H7F3N2O. The lowest BCUT2D eigenvalue weighted by atomic mass is 9.98. The van der Waals surface area contributed by atoms with Gasteiger partial charge in [-0.05, 0) is 12.1 Å². The van der Waals surface area contributed by atoms with E-state index in [-0.39, 0.29) is 5.56 Å². The van der Waals surface area contributed by atoms with Crippen molar-refractivity contribution in [2.45, 2.75) is 6.42 Å². The summed E-state index contributed by atoms with van der Waals surface area (Å²) in [5.74, 6) is -4.00. The molecule has 0 fully saturated rings. The Morgan fingerprint density at radius 2 is 1.78 bits per heavy atom. The van der Waals surface area contributed by atoms with Gasteiger partial charge in [0, 0.05) is 12.0 Å². The van der Waals surface area contributed by atoms with Gasteiger partial charge in [0.15, 0.2) is 17.5 Å². The highest BCUT2D eigenvalue weighted by Crippen LogP contribution is 2.24. The maximum absolute atomic E-state index is 13.2. The molecule has 0 saturated heterocycles. The van der Waals surface area contributed by atoms with Crippen LogP contribution in [0.15, 0.2) is 34.2 Å². The Kier molecular flexibility index (Phi) is 2.43. The maximum Gasteiger partial charge on any atom is 0.194 e. The van der Waals surface area contributed by atoms with Gasteiger partial charge in [-0.25, -0.2) is 13.2 Å². The van der Waals surface area contributed by atoms with Gasteiger partial charge in [-0.15, -0.1) is 5.10 Å². The van der Waals surface area contributed by atoms with Crippen LogP contribution in [0.5, 0.6) is 0 Å². The minimum absolute atomic E-state index is 0.141. The summed E-state index contributed by atoms with van der Waals surface area (Å²) in [5, 5.41) is 7.78. The van der Waals surface area contributed by atoms with Crippen LogP contribution in [0, 0.1) is 17.5 Å². The number of hydrogen-bond donors (Lipinski definition) is 0. The van der Waals surface area contributed by atoms with Crippen LogP contribution < -0.4 is 0 Å². The van der Waals surface area contributed by atoms with Crippen LogP contribution in [-0.2, 0) is 4.74 Å². The molecule has 0 aliphatic carbocycles. The van der Waals surface area contributed by atoms with Gasteiger partial charge in [0.2, 0.25) is 0 Å². The first-order valence-electron chi connectivity index (χ1n) is 5.29. The molecule has 6 heteroatoms. The van der Waals surface area contributed by atoms with E-state index in [9.17, 15) is 13.2 Å². The smallest absolute Gasteiger partial charge is 0.194 e. The van der Waals surface area contributed by atoms with E-state index in [1.165, 1.54) is 6.26 Å². The minimum Gasteiger partial charge on any atom is -0.500 e. The molecule has 92 valence electrons. The monoisotopic (exact) mass is 252 g/mol. The quantitative estimate of drug-likeness (QED) is 0.707. The van der Waals surface area contributed by atoms with Crippen molar-refractivity contribution in [1.82, 2.24) is 0 Å². The van der Waals surface area contributed by atoms with E-state index in [1.54, 1.807) is 0 Å². The lowest BCUT2D eigenvalue weighted by Gasteiger charge is -2.12. The van der Waals surface area contributed by atoms with Gasteiger partial charge in [-0.3, -0.25) is 0 Å². The van der Waals surface area contributed by atoms with Crippen molar-refractivity contribution >= 4 is 11.4 Å². The molecule has 1 aromatic carbocycles. The molecule has 2 aliphatic rings. The number of rotatable bonds is 1. The summed E-state index contributed by atoms with van der Waals surface area (Å²) in [7, 11) is 0. The molecule has 0 saturated carbocycles. The topological polar surface area (TPSA) is 34.0 Å². The predicted octanol–water partition coefficient (Wildman–Crippen LogP) is 2.57. The van der Waals surface area contributed by atoms with Crippen molar-refractivity contribution in [3.8, 4) is 0 Å². The zero-order valence-electron chi connectivity index (χ0n) is 9.08. The third kappa shape index (κ3) is 1.61. The zero-order chi connectivity index (χ0) is 12.7. The third-order valence-electron chi connectivity index (χ3n) is 2.75. The summed E-state index contributed by atoms with van der Waals surface area (Å²) in [4.78, 5) is 0. The normalized spacial score (nSPS) is 17.6. The summed E-state index contributed by atoms with van der Waals surface area (Å²) >= 11 is 0. The van der Waals surface area contributed by atoms with Crippen LogP contribution in [0.3, 0.4) is 0 Å². The van der Waals surface area contributed by atoms with Gasteiger partial charge in [-0.1, -0.05) is 0 Å². The van der Waals surface area contributed by atoms with Crippen LogP contribution in [0.25, 0.3) is 0 Å². The molecule has 0 spiro atoms. The second kappa shape index (κ2) is 3.97. The number of benzene rings is 1. The van der Waals surface area contributed by atoms with Crippen LogP contribution in [0.2, 0.25) is 0 Å². The molecule has 3 rings (SSSR count). The average Bonchev–Trinajstić information content (AvgIpc) is 2.79. The SMILES string of the molecule is Fc1cc(C2=NN=C3CCOC=C32)cc(F)c1F. The standard InChI is InChI=1S/C12H7F3N2O/c13-8-3-6(4-9(14)11(8)15)12-7-5-18-2-1-10(7)16-17-12/h3-5H,1-2H2. The van der Waals surface area contributed by atoms with E-state index >= 15 is 0 Å². The van der Waals surface area contributed by atoms with E-state index in [0.717, 1.165) is 12.1 Å². The Balaban J connectivity index is 2.05. The van der Waals surface area contributed by atoms with E-state index in [2.05, 4.69) is 10.2 Å². The van der Waals surface area contributed by atoms with Gasteiger partial charge in [0.1, 0.15) is 5.71 Å². The Morgan fingerprint density at radius 1 is 1.06 bits per heavy atom. The molecule has 18 heavy (non-hydrogen) atoms. The van der Waals surface area contributed by atoms with Crippen molar-refractivity contribution < 1.29 is 17.9 Å². The molecule has 3 nitrogen and oxygen atoms in total. The number of fused-ring (bicyclic) bond motifs is 1. The number of allylic oxidation sites excluding steroid dienone is 1. The molecule has 1 aromatic rings. The fraction of sp³-hybridized carbons (Fsp3) is 0.167. The largest absolute Gasteiger partial charge is 0.500 e. The molecule has 0 radical (unpaired) electrons. The van der Waals surface area contributed by atoms with Gasteiger partial charge in [0.05, 0.1) is 24.2 Å². The maximum atomic E-state index is 13.2. The van der Waals surface area contributed by atoms with Crippen molar-refractivity contribution in [3.63, 3.8) is 0 Å². The number of hydrogen-bond acceptors (Lipinski definition) is 3. The molecule has 0 atom stereocenters. The molecule has 2 heterocycles. The Bertz CT molecular complexity index is 597. The summed E-state index contributed by atoms with van der Waals surface area (Å²) in [6.07, 6.45) is 2.04. The summed E-state index contributed by atoms with van der Waals surface area (Å²) < 4.78 is 44.3. The van der Waals surface area contributed by atoms with Crippen molar-refractivity contribution in [2.75, 3.05) is 6.61 Å².